The predicted molar refractivity (Wildman–Crippen MR) is 126 cm³/mol. The highest BCUT2D eigenvalue weighted by atomic mass is 16.4. The van der Waals surface area contributed by atoms with Gasteiger partial charge in [-0.15, -0.1) is 0 Å². The second-order valence-corrected chi connectivity index (χ2v) is 9.00. The number of hydrogen-bond donors (Lipinski definition) is 3. The molecule has 0 aliphatic carbocycles. The third kappa shape index (κ3) is 18.8. The summed E-state index contributed by atoms with van der Waals surface area (Å²) in [6, 6.07) is 0. The first-order valence-electron chi connectivity index (χ1n) is 12.5. The van der Waals surface area contributed by atoms with Crippen LogP contribution in [0.25, 0.3) is 0 Å². The minimum absolute atomic E-state index is 0.562. The fraction of sp³-hybridized carbons (Fsp3) is 0.800. The van der Waals surface area contributed by atoms with Crippen LogP contribution in [-0.2, 0) is 14.4 Å². The molecule has 0 aromatic carbocycles. The average Bonchev–Trinajstić information content (AvgIpc) is 2.68. The van der Waals surface area contributed by atoms with Crippen molar-refractivity contribution in [1.29, 1.82) is 0 Å². The maximum absolute atomic E-state index is 11.1. The Balaban J connectivity index is 3.90. The molecule has 3 N–H and O–H groups in total. The lowest BCUT2D eigenvalue weighted by atomic mass is 10.0. The van der Waals surface area contributed by atoms with E-state index in [9.17, 15) is 14.4 Å². The molecule has 0 rings (SSSR count). The summed E-state index contributed by atoms with van der Waals surface area (Å²) in [5.41, 5.74) is 0. The van der Waals surface area contributed by atoms with Crippen molar-refractivity contribution in [1.82, 2.24) is 0 Å². The van der Waals surface area contributed by atoms with E-state index < -0.39 is 42.0 Å². The molecule has 0 unspecified atom stereocenters. The minimum Gasteiger partial charge on any atom is -0.477 e. The van der Waals surface area contributed by atoms with Crippen LogP contribution in [0.2, 0.25) is 0 Å². The number of carboxylic acid groups (broad SMARTS) is 3. The molecule has 0 saturated carbocycles. The van der Waals surface area contributed by atoms with Gasteiger partial charge in [0.05, 0.1) is 6.20 Å². The molecule has 7 heteroatoms. The van der Waals surface area contributed by atoms with E-state index in [0.717, 1.165) is 19.3 Å². The molecule has 0 radical (unpaired) electrons. The fourth-order valence-electron chi connectivity index (χ4n) is 4.07. The van der Waals surface area contributed by atoms with Crippen LogP contribution in [0, 0.1) is 0 Å². The van der Waals surface area contributed by atoms with Gasteiger partial charge in [0.25, 0.3) is 0 Å². The minimum atomic E-state index is -1.22. The van der Waals surface area contributed by atoms with Gasteiger partial charge in [0, 0.05) is 0 Å². The summed E-state index contributed by atoms with van der Waals surface area (Å²) in [7, 11) is 0. The molecule has 0 spiro atoms. The zero-order valence-corrected chi connectivity index (χ0v) is 20.1. The smallest absolute Gasteiger partial charge is 0.359 e. The Bertz CT molecular complexity index is 506. The van der Waals surface area contributed by atoms with Crippen LogP contribution in [0.3, 0.4) is 0 Å². The summed E-state index contributed by atoms with van der Waals surface area (Å²) < 4.78 is -0.612. The molecular formula is C25H46NO6+. The Labute approximate surface area is 194 Å². The number of hydrogen-bond acceptors (Lipinski definition) is 3. The van der Waals surface area contributed by atoms with Crippen molar-refractivity contribution in [2.45, 2.75) is 110 Å². The Morgan fingerprint density at radius 3 is 1.19 bits per heavy atom. The first-order chi connectivity index (χ1) is 15.3. The first-order valence-corrected chi connectivity index (χ1v) is 12.5. The zero-order valence-electron chi connectivity index (χ0n) is 20.1. The van der Waals surface area contributed by atoms with E-state index in [1.54, 1.807) is 6.08 Å². The summed E-state index contributed by atoms with van der Waals surface area (Å²) in [4.78, 5) is 33.4. The Hall–Kier alpha value is -1.89. The lowest BCUT2D eigenvalue weighted by Gasteiger charge is -2.29. The fourth-order valence-corrected chi connectivity index (χ4v) is 4.07. The van der Waals surface area contributed by atoms with Crippen LogP contribution in [0.1, 0.15) is 110 Å². The maximum atomic E-state index is 11.1. The van der Waals surface area contributed by atoms with Crippen molar-refractivity contribution in [3.05, 3.63) is 12.3 Å². The molecule has 186 valence electrons. The molecule has 0 aromatic heterocycles. The van der Waals surface area contributed by atoms with Gasteiger partial charge in [0.2, 0.25) is 0 Å². The number of unbranched alkanes of at least 4 members (excludes halogenated alkanes) is 15. The SMILES string of the molecule is CCCCCCCCCCCCCCCCC/C=C/[N+](CC(=O)O)(CC(=O)O)CC(=O)O. The van der Waals surface area contributed by atoms with Crippen molar-refractivity contribution in [2.24, 2.45) is 0 Å². The van der Waals surface area contributed by atoms with Crippen LogP contribution >= 0.6 is 0 Å². The molecular weight excluding hydrogens is 410 g/mol. The number of rotatable bonds is 23. The molecule has 7 nitrogen and oxygen atoms in total. The average molecular weight is 457 g/mol. The highest BCUT2D eigenvalue weighted by molar-refractivity contribution is 5.73. The van der Waals surface area contributed by atoms with Crippen molar-refractivity contribution >= 4 is 17.9 Å². The largest absolute Gasteiger partial charge is 0.477 e. The Morgan fingerprint density at radius 2 is 0.875 bits per heavy atom. The second kappa shape index (κ2) is 19.8. The van der Waals surface area contributed by atoms with E-state index in [1.165, 1.54) is 83.2 Å². The van der Waals surface area contributed by atoms with Crippen molar-refractivity contribution in [3.8, 4) is 0 Å². The summed E-state index contributed by atoms with van der Waals surface area (Å²) in [6.45, 7) is 0.565. The van der Waals surface area contributed by atoms with Gasteiger partial charge in [-0.2, -0.15) is 0 Å². The number of allylic oxidation sites excluding steroid dienone is 1. The molecule has 32 heavy (non-hydrogen) atoms. The molecule has 0 atom stereocenters. The number of quaternary nitrogens is 1. The number of nitrogens with zero attached hydrogens (tertiary/aromatic N) is 1. The van der Waals surface area contributed by atoms with Crippen molar-refractivity contribution < 1.29 is 34.2 Å². The van der Waals surface area contributed by atoms with Gasteiger partial charge < -0.3 is 15.3 Å². The lowest BCUT2D eigenvalue weighted by molar-refractivity contribution is -0.857. The van der Waals surface area contributed by atoms with Gasteiger partial charge in [-0.1, -0.05) is 96.8 Å². The van der Waals surface area contributed by atoms with Crippen LogP contribution in [-0.4, -0.2) is 57.3 Å². The molecule has 0 amide bonds. The van der Waals surface area contributed by atoms with Crippen LogP contribution < -0.4 is 0 Å². The van der Waals surface area contributed by atoms with Gasteiger partial charge in [-0.3, -0.25) is 4.48 Å². The monoisotopic (exact) mass is 456 g/mol. The van der Waals surface area contributed by atoms with Gasteiger partial charge in [-0.25, -0.2) is 14.4 Å². The van der Waals surface area contributed by atoms with Crippen LogP contribution in [0.4, 0.5) is 0 Å². The van der Waals surface area contributed by atoms with Gasteiger partial charge in [0.15, 0.2) is 19.6 Å². The van der Waals surface area contributed by atoms with E-state index in [-0.39, 0.29) is 0 Å². The van der Waals surface area contributed by atoms with E-state index in [2.05, 4.69) is 6.92 Å². The van der Waals surface area contributed by atoms with Crippen molar-refractivity contribution in [2.75, 3.05) is 19.6 Å². The lowest BCUT2D eigenvalue weighted by Crippen LogP contribution is -2.52. The highest BCUT2D eigenvalue weighted by Gasteiger charge is 2.34. The second-order valence-electron chi connectivity index (χ2n) is 9.00. The Kier molecular flexibility index (Phi) is 18.6. The standard InChI is InChI=1S/C25H45NO6/c1-2-3-4-5-6-7-8-9-10-11-12-13-14-15-16-17-18-19-26(20-23(27)28,21-24(29)30)22-25(31)32/h18-19H,2-17,20-22H2,1H3,(H2-,27,28,29,30,31,32)/p+1/b19-18+. The summed E-state index contributed by atoms with van der Waals surface area (Å²) in [5, 5.41) is 27.2. The number of carboxylic acids is 3. The highest BCUT2D eigenvalue weighted by Crippen LogP contribution is 2.15. The third-order valence-corrected chi connectivity index (χ3v) is 5.75. The van der Waals surface area contributed by atoms with Crippen LogP contribution in [0.15, 0.2) is 12.3 Å². The predicted octanol–water partition coefficient (Wildman–Crippen LogP) is 5.83. The summed E-state index contributed by atoms with van der Waals surface area (Å²) in [5.74, 6) is -3.66. The van der Waals surface area contributed by atoms with E-state index in [0.29, 0.717) is 6.42 Å². The van der Waals surface area contributed by atoms with E-state index in [1.807, 2.05) is 0 Å². The molecule has 0 aliphatic heterocycles. The van der Waals surface area contributed by atoms with E-state index in [4.69, 9.17) is 15.3 Å². The van der Waals surface area contributed by atoms with Gasteiger partial charge >= 0.3 is 17.9 Å². The van der Waals surface area contributed by atoms with Gasteiger partial charge in [0.1, 0.15) is 0 Å². The van der Waals surface area contributed by atoms with Crippen molar-refractivity contribution in [3.63, 3.8) is 0 Å². The quantitative estimate of drug-likeness (QED) is 0.132. The third-order valence-electron chi connectivity index (χ3n) is 5.75. The first kappa shape index (κ1) is 30.1. The number of aliphatic carboxylic acids is 3. The zero-order chi connectivity index (χ0) is 24.1. The normalized spacial score (nSPS) is 11.8. The van der Waals surface area contributed by atoms with Crippen LogP contribution in [0.5, 0.6) is 0 Å². The maximum Gasteiger partial charge on any atom is 0.359 e. The molecule has 0 aliphatic rings. The molecule has 0 fully saturated rings. The summed E-state index contributed by atoms with van der Waals surface area (Å²) in [6.07, 6.45) is 23.1. The Morgan fingerprint density at radius 1 is 0.562 bits per heavy atom. The number of carbonyl (C=O) groups is 3. The summed E-state index contributed by atoms with van der Waals surface area (Å²) >= 11 is 0. The molecule has 0 saturated heterocycles. The topological polar surface area (TPSA) is 112 Å². The molecule has 0 heterocycles. The van der Waals surface area contributed by atoms with Gasteiger partial charge in [-0.05, 0) is 18.9 Å². The molecule has 0 bridgehead atoms. The van der Waals surface area contributed by atoms with E-state index >= 15 is 0 Å². The molecule has 0 aromatic rings.